The number of hydrogen-bond acceptors (Lipinski definition) is 2. The Morgan fingerprint density at radius 2 is 1.25 bits per heavy atom. The molecule has 28 heavy (non-hydrogen) atoms. The Labute approximate surface area is 176 Å². The highest BCUT2D eigenvalue weighted by Crippen LogP contribution is 2.11. The molecule has 0 saturated carbocycles. The number of carbonyl (C=O) groups is 1. The number of hydrogen-bond donors (Lipinski definition) is 0. The molecule has 2 nitrogen and oxygen atoms in total. The van der Waals surface area contributed by atoms with Crippen LogP contribution in [0.2, 0.25) is 0 Å². The molecule has 2 heteroatoms. The minimum Gasteiger partial charge on any atom is -0.466 e. The summed E-state index contributed by atoms with van der Waals surface area (Å²) in [5.41, 5.74) is 0. The molecular formula is C26H50O2. The standard InChI is InChI=1S/C26H50O2/c1-4-5-6-7-8-9-10-11-12-13-14-15-16-17-20-23-26(27)28-24-21-18-19-22-25(2)3/h10-11,25H,4-9,12-24H2,1-3H3. The highest BCUT2D eigenvalue weighted by Gasteiger charge is 2.02. The predicted octanol–water partition coefficient (Wildman–Crippen LogP) is 8.78. The van der Waals surface area contributed by atoms with Crippen LogP contribution >= 0.6 is 0 Å². The van der Waals surface area contributed by atoms with Crippen LogP contribution in [0.1, 0.15) is 136 Å². The fourth-order valence-corrected chi connectivity index (χ4v) is 3.43. The van der Waals surface area contributed by atoms with E-state index >= 15 is 0 Å². The van der Waals surface area contributed by atoms with Gasteiger partial charge in [0.15, 0.2) is 0 Å². The number of esters is 1. The Morgan fingerprint density at radius 3 is 1.86 bits per heavy atom. The van der Waals surface area contributed by atoms with Crippen LogP contribution in [-0.4, -0.2) is 12.6 Å². The molecule has 0 aliphatic rings. The van der Waals surface area contributed by atoms with E-state index in [0.717, 1.165) is 25.2 Å². The van der Waals surface area contributed by atoms with Crippen LogP contribution in [0.5, 0.6) is 0 Å². The Hall–Kier alpha value is -0.790. The maximum absolute atomic E-state index is 11.7. The Morgan fingerprint density at radius 1 is 0.714 bits per heavy atom. The minimum absolute atomic E-state index is 0.00342. The molecule has 0 saturated heterocycles. The fraction of sp³-hybridized carbons (Fsp3) is 0.885. The molecule has 0 amide bonds. The van der Waals surface area contributed by atoms with E-state index in [0.29, 0.717) is 13.0 Å². The highest BCUT2D eigenvalue weighted by atomic mass is 16.5. The molecule has 0 N–H and O–H groups in total. The van der Waals surface area contributed by atoms with E-state index in [4.69, 9.17) is 4.74 Å². The second kappa shape index (κ2) is 22.5. The van der Waals surface area contributed by atoms with E-state index in [1.165, 1.54) is 89.9 Å². The van der Waals surface area contributed by atoms with Gasteiger partial charge in [-0.05, 0) is 44.4 Å². The van der Waals surface area contributed by atoms with Crippen LogP contribution in [0.25, 0.3) is 0 Å². The predicted molar refractivity (Wildman–Crippen MR) is 124 cm³/mol. The second-order valence-corrected chi connectivity index (χ2v) is 8.80. The van der Waals surface area contributed by atoms with E-state index in [1.54, 1.807) is 0 Å². The maximum Gasteiger partial charge on any atom is 0.305 e. The molecule has 166 valence electrons. The molecule has 0 aromatic carbocycles. The quantitative estimate of drug-likeness (QED) is 0.110. The van der Waals surface area contributed by atoms with Gasteiger partial charge in [-0.25, -0.2) is 0 Å². The third-order valence-corrected chi connectivity index (χ3v) is 5.33. The first kappa shape index (κ1) is 27.2. The highest BCUT2D eigenvalue weighted by molar-refractivity contribution is 5.69. The van der Waals surface area contributed by atoms with Gasteiger partial charge in [0, 0.05) is 6.42 Å². The van der Waals surface area contributed by atoms with Crippen molar-refractivity contribution in [2.24, 2.45) is 5.92 Å². The van der Waals surface area contributed by atoms with Gasteiger partial charge in [-0.3, -0.25) is 4.79 Å². The van der Waals surface area contributed by atoms with Crippen molar-refractivity contribution in [3.05, 3.63) is 12.2 Å². The Kier molecular flexibility index (Phi) is 21.9. The molecule has 0 radical (unpaired) electrons. The van der Waals surface area contributed by atoms with E-state index in [2.05, 4.69) is 32.9 Å². The summed E-state index contributed by atoms with van der Waals surface area (Å²) in [6.45, 7) is 7.40. The maximum atomic E-state index is 11.7. The first-order chi connectivity index (χ1) is 13.7. The number of carbonyl (C=O) groups excluding carboxylic acids is 1. The molecule has 0 aromatic rings. The summed E-state index contributed by atoms with van der Waals surface area (Å²) in [5, 5.41) is 0. The van der Waals surface area contributed by atoms with Gasteiger partial charge in [-0.1, -0.05) is 104 Å². The van der Waals surface area contributed by atoms with Gasteiger partial charge in [-0.15, -0.1) is 0 Å². The third-order valence-electron chi connectivity index (χ3n) is 5.33. The molecule has 0 aliphatic heterocycles. The van der Waals surface area contributed by atoms with Crippen LogP contribution < -0.4 is 0 Å². The lowest BCUT2D eigenvalue weighted by atomic mass is 10.1. The molecule has 0 bridgehead atoms. The SMILES string of the molecule is CCCCCCCC=CCCCCCCCCC(=O)OCCCCCC(C)C. The van der Waals surface area contributed by atoms with Crippen LogP contribution in [-0.2, 0) is 9.53 Å². The van der Waals surface area contributed by atoms with Crippen LogP contribution in [0.15, 0.2) is 12.2 Å². The van der Waals surface area contributed by atoms with E-state index in [1.807, 2.05) is 0 Å². The van der Waals surface area contributed by atoms with Crippen molar-refractivity contribution in [1.29, 1.82) is 0 Å². The van der Waals surface area contributed by atoms with Crippen molar-refractivity contribution < 1.29 is 9.53 Å². The van der Waals surface area contributed by atoms with Crippen molar-refractivity contribution in [2.45, 2.75) is 136 Å². The Balaban J connectivity index is 3.20. The van der Waals surface area contributed by atoms with Crippen molar-refractivity contribution in [1.82, 2.24) is 0 Å². The van der Waals surface area contributed by atoms with E-state index in [9.17, 15) is 4.79 Å². The molecule has 0 atom stereocenters. The minimum atomic E-state index is 0.00342. The molecule has 0 unspecified atom stereocenters. The van der Waals surface area contributed by atoms with Crippen molar-refractivity contribution >= 4 is 5.97 Å². The average molecular weight is 395 g/mol. The monoisotopic (exact) mass is 394 g/mol. The van der Waals surface area contributed by atoms with Gasteiger partial charge in [-0.2, -0.15) is 0 Å². The summed E-state index contributed by atoms with van der Waals surface area (Å²) in [5.74, 6) is 0.785. The molecule has 0 aliphatic carbocycles. The lowest BCUT2D eigenvalue weighted by molar-refractivity contribution is -0.143. The molecule has 0 fully saturated rings. The number of unbranched alkanes of at least 4 members (excludes halogenated alkanes) is 13. The van der Waals surface area contributed by atoms with Gasteiger partial charge in [0.25, 0.3) is 0 Å². The van der Waals surface area contributed by atoms with Gasteiger partial charge in [0.05, 0.1) is 6.61 Å². The smallest absolute Gasteiger partial charge is 0.305 e. The van der Waals surface area contributed by atoms with Crippen LogP contribution in [0.4, 0.5) is 0 Å². The molecular weight excluding hydrogens is 344 g/mol. The topological polar surface area (TPSA) is 26.3 Å². The lowest BCUT2D eigenvalue weighted by Gasteiger charge is -2.06. The van der Waals surface area contributed by atoms with Crippen molar-refractivity contribution in [2.75, 3.05) is 6.61 Å². The molecule has 0 aromatic heterocycles. The number of rotatable bonds is 21. The zero-order valence-electron chi connectivity index (χ0n) is 19.5. The molecule has 0 heterocycles. The normalized spacial score (nSPS) is 11.6. The largest absolute Gasteiger partial charge is 0.466 e. The van der Waals surface area contributed by atoms with Gasteiger partial charge in [0.2, 0.25) is 0 Å². The molecule has 0 spiro atoms. The van der Waals surface area contributed by atoms with Crippen LogP contribution in [0, 0.1) is 5.92 Å². The third kappa shape index (κ3) is 23.2. The summed E-state index contributed by atoms with van der Waals surface area (Å²) in [7, 11) is 0. The lowest BCUT2D eigenvalue weighted by Crippen LogP contribution is -2.05. The van der Waals surface area contributed by atoms with Crippen molar-refractivity contribution in [3.8, 4) is 0 Å². The number of allylic oxidation sites excluding steroid dienone is 2. The first-order valence-electron chi connectivity index (χ1n) is 12.5. The summed E-state index contributed by atoms with van der Waals surface area (Å²) in [6, 6.07) is 0. The van der Waals surface area contributed by atoms with Gasteiger partial charge in [0.1, 0.15) is 0 Å². The number of ether oxygens (including phenoxy) is 1. The summed E-state index contributed by atoms with van der Waals surface area (Å²) >= 11 is 0. The van der Waals surface area contributed by atoms with Crippen LogP contribution in [0.3, 0.4) is 0 Å². The van der Waals surface area contributed by atoms with Gasteiger partial charge >= 0.3 is 5.97 Å². The second-order valence-electron chi connectivity index (χ2n) is 8.80. The summed E-state index contributed by atoms with van der Waals surface area (Å²) < 4.78 is 5.32. The first-order valence-corrected chi connectivity index (χ1v) is 12.5. The molecule has 0 rings (SSSR count). The zero-order chi connectivity index (χ0) is 20.7. The van der Waals surface area contributed by atoms with Gasteiger partial charge < -0.3 is 4.74 Å². The summed E-state index contributed by atoms with van der Waals surface area (Å²) in [4.78, 5) is 11.7. The van der Waals surface area contributed by atoms with E-state index < -0.39 is 0 Å². The van der Waals surface area contributed by atoms with Crippen molar-refractivity contribution in [3.63, 3.8) is 0 Å². The summed E-state index contributed by atoms with van der Waals surface area (Å²) in [6.07, 6.45) is 26.8. The Bertz CT molecular complexity index is 346. The fourth-order valence-electron chi connectivity index (χ4n) is 3.43. The zero-order valence-corrected chi connectivity index (χ0v) is 19.5. The average Bonchev–Trinajstić information content (AvgIpc) is 2.67. The van der Waals surface area contributed by atoms with E-state index in [-0.39, 0.29) is 5.97 Å².